The summed E-state index contributed by atoms with van der Waals surface area (Å²) < 4.78 is 3.03. The van der Waals surface area contributed by atoms with Crippen LogP contribution in [-0.4, -0.2) is 22.9 Å². The lowest BCUT2D eigenvalue weighted by Crippen LogP contribution is -2.16. The molecule has 1 rings (SSSR count). The van der Waals surface area contributed by atoms with Crippen LogP contribution in [0.1, 0.15) is 26.2 Å². The van der Waals surface area contributed by atoms with E-state index in [0.29, 0.717) is 0 Å². The Labute approximate surface area is 94.0 Å². The van der Waals surface area contributed by atoms with Crippen LogP contribution in [0.25, 0.3) is 0 Å². The van der Waals surface area contributed by atoms with Crippen LogP contribution >= 0.6 is 15.9 Å². The second-order valence-corrected chi connectivity index (χ2v) is 4.29. The van der Waals surface area contributed by atoms with Gasteiger partial charge in [-0.15, -0.1) is 0 Å². The van der Waals surface area contributed by atoms with Gasteiger partial charge in [0.05, 0.1) is 10.7 Å². The summed E-state index contributed by atoms with van der Waals surface area (Å²) >= 11 is 3.38. The summed E-state index contributed by atoms with van der Waals surface area (Å²) in [5.74, 6) is 0. The molecule has 1 aromatic rings. The zero-order chi connectivity index (χ0) is 10.2. The minimum atomic E-state index is 1.01. The van der Waals surface area contributed by atoms with Crippen LogP contribution in [-0.2, 0) is 6.54 Å². The first-order chi connectivity index (χ1) is 6.83. The zero-order valence-electron chi connectivity index (χ0n) is 8.67. The number of halogens is 1. The zero-order valence-corrected chi connectivity index (χ0v) is 10.3. The van der Waals surface area contributed by atoms with Crippen molar-refractivity contribution in [2.75, 3.05) is 13.1 Å². The Morgan fingerprint density at radius 3 is 2.93 bits per heavy atom. The fourth-order valence-corrected chi connectivity index (χ4v) is 1.61. The second-order valence-electron chi connectivity index (χ2n) is 3.38. The standard InChI is InChI=1S/C10H18BrN3/c1-2-5-12-6-3-4-7-14-9-10(11)8-13-14/h8-9,12H,2-7H2,1H3. The van der Waals surface area contributed by atoms with Gasteiger partial charge in [-0.1, -0.05) is 6.92 Å². The number of aromatic nitrogens is 2. The van der Waals surface area contributed by atoms with E-state index in [2.05, 4.69) is 33.3 Å². The molecule has 80 valence electrons. The molecule has 1 heterocycles. The Bertz CT molecular complexity index is 247. The molecule has 0 aromatic carbocycles. The Balaban J connectivity index is 1.99. The highest BCUT2D eigenvalue weighted by Crippen LogP contribution is 2.06. The normalized spacial score (nSPS) is 10.7. The van der Waals surface area contributed by atoms with Crippen LogP contribution in [0.2, 0.25) is 0 Å². The van der Waals surface area contributed by atoms with Crippen molar-refractivity contribution in [2.24, 2.45) is 0 Å². The molecule has 0 bridgehead atoms. The van der Waals surface area contributed by atoms with Crippen molar-refractivity contribution < 1.29 is 0 Å². The van der Waals surface area contributed by atoms with Gasteiger partial charge in [-0.2, -0.15) is 5.10 Å². The van der Waals surface area contributed by atoms with Gasteiger partial charge in [0.2, 0.25) is 0 Å². The molecule has 0 unspecified atom stereocenters. The largest absolute Gasteiger partial charge is 0.317 e. The molecule has 3 nitrogen and oxygen atoms in total. The summed E-state index contributed by atoms with van der Waals surface area (Å²) in [7, 11) is 0. The summed E-state index contributed by atoms with van der Waals surface area (Å²) in [6.07, 6.45) is 7.46. The van der Waals surface area contributed by atoms with Gasteiger partial charge in [-0.3, -0.25) is 4.68 Å². The number of rotatable bonds is 7. The van der Waals surface area contributed by atoms with Crippen LogP contribution in [0.4, 0.5) is 0 Å². The lowest BCUT2D eigenvalue weighted by molar-refractivity contribution is 0.534. The molecule has 0 saturated carbocycles. The van der Waals surface area contributed by atoms with E-state index in [0.717, 1.165) is 24.1 Å². The van der Waals surface area contributed by atoms with E-state index in [1.807, 2.05) is 17.1 Å². The van der Waals surface area contributed by atoms with E-state index in [4.69, 9.17) is 0 Å². The van der Waals surface area contributed by atoms with Crippen LogP contribution in [0, 0.1) is 0 Å². The fourth-order valence-electron chi connectivity index (χ4n) is 1.29. The number of aryl methyl sites for hydroxylation is 1. The van der Waals surface area contributed by atoms with Crippen molar-refractivity contribution in [2.45, 2.75) is 32.7 Å². The topological polar surface area (TPSA) is 29.9 Å². The number of hydrogen-bond donors (Lipinski definition) is 1. The average Bonchev–Trinajstić information content (AvgIpc) is 2.58. The van der Waals surface area contributed by atoms with Crippen LogP contribution in [0.5, 0.6) is 0 Å². The van der Waals surface area contributed by atoms with Crippen molar-refractivity contribution in [1.82, 2.24) is 15.1 Å². The van der Waals surface area contributed by atoms with Crippen molar-refractivity contribution >= 4 is 15.9 Å². The molecule has 14 heavy (non-hydrogen) atoms. The van der Waals surface area contributed by atoms with Gasteiger partial charge in [0.25, 0.3) is 0 Å². The number of nitrogens with one attached hydrogen (secondary N) is 1. The summed E-state index contributed by atoms with van der Waals surface area (Å²) in [5, 5.41) is 7.59. The molecule has 0 aliphatic rings. The second kappa shape index (κ2) is 7.01. The molecule has 0 saturated heterocycles. The monoisotopic (exact) mass is 259 g/mol. The van der Waals surface area contributed by atoms with Crippen LogP contribution < -0.4 is 5.32 Å². The molecule has 1 N–H and O–H groups in total. The smallest absolute Gasteiger partial charge is 0.0632 e. The van der Waals surface area contributed by atoms with Gasteiger partial charge in [-0.05, 0) is 48.3 Å². The van der Waals surface area contributed by atoms with E-state index in [9.17, 15) is 0 Å². The Morgan fingerprint density at radius 2 is 2.29 bits per heavy atom. The van der Waals surface area contributed by atoms with Crippen LogP contribution in [0.3, 0.4) is 0 Å². The third-order valence-electron chi connectivity index (χ3n) is 2.02. The fraction of sp³-hybridized carbons (Fsp3) is 0.700. The third kappa shape index (κ3) is 4.77. The van der Waals surface area contributed by atoms with Crippen LogP contribution in [0.15, 0.2) is 16.9 Å². The van der Waals surface area contributed by atoms with Crippen molar-refractivity contribution in [3.8, 4) is 0 Å². The molecule has 0 radical (unpaired) electrons. The SMILES string of the molecule is CCCNCCCCn1cc(Br)cn1. The molecule has 0 aliphatic heterocycles. The lowest BCUT2D eigenvalue weighted by atomic mass is 10.3. The maximum absolute atomic E-state index is 4.20. The quantitative estimate of drug-likeness (QED) is 0.763. The predicted octanol–water partition coefficient (Wildman–Crippen LogP) is 2.43. The molecule has 0 aliphatic carbocycles. The average molecular weight is 260 g/mol. The van der Waals surface area contributed by atoms with Gasteiger partial charge >= 0.3 is 0 Å². The van der Waals surface area contributed by atoms with Gasteiger partial charge in [0.15, 0.2) is 0 Å². The van der Waals surface area contributed by atoms with E-state index < -0.39 is 0 Å². The van der Waals surface area contributed by atoms with Gasteiger partial charge < -0.3 is 5.32 Å². The highest BCUT2D eigenvalue weighted by molar-refractivity contribution is 9.10. The van der Waals surface area contributed by atoms with E-state index in [1.54, 1.807) is 0 Å². The first kappa shape index (κ1) is 11.7. The van der Waals surface area contributed by atoms with Gasteiger partial charge in [0.1, 0.15) is 0 Å². The van der Waals surface area contributed by atoms with Crippen molar-refractivity contribution in [3.63, 3.8) is 0 Å². The Kier molecular flexibility index (Phi) is 5.87. The molecule has 0 amide bonds. The molecule has 4 heteroatoms. The van der Waals surface area contributed by atoms with E-state index >= 15 is 0 Å². The number of unbranched alkanes of at least 4 members (excludes halogenated alkanes) is 1. The molecule has 0 fully saturated rings. The molecule has 0 spiro atoms. The first-order valence-electron chi connectivity index (χ1n) is 5.21. The summed E-state index contributed by atoms with van der Waals surface area (Å²) in [5.41, 5.74) is 0. The maximum Gasteiger partial charge on any atom is 0.0632 e. The van der Waals surface area contributed by atoms with E-state index in [-0.39, 0.29) is 0 Å². The first-order valence-corrected chi connectivity index (χ1v) is 6.01. The lowest BCUT2D eigenvalue weighted by Gasteiger charge is -2.03. The van der Waals surface area contributed by atoms with Gasteiger partial charge in [0, 0.05) is 12.7 Å². The number of nitrogens with zero attached hydrogens (tertiary/aromatic N) is 2. The maximum atomic E-state index is 4.20. The minimum Gasteiger partial charge on any atom is -0.317 e. The molecule has 0 atom stereocenters. The predicted molar refractivity (Wildman–Crippen MR) is 62.3 cm³/mol. The van der Waals surface area contributed by atoms with E-state index in [1.165, 1.54) is 19.3 Å². The molecular formula is C10H18BrN3. The minimum absolute atomic E-state index is 1.01. The molecule has 1 aromatic heterocycles. The summed E-state index contributed by atoms with van der Waals surface area (Å²) in [6.45, 7) is 5.46. The molecular weight excluding hydrogens is 242 g/mol. The van der Waals surface area contributed by atoms with Crippen molar-refractivity contribution in [3.05, 3.63) is 16.9 Å². The highest BCUT2D eigenvalue weighted by atomic mass is 79.9. The Morgan fingerprint density at radius 1 is 1.43 bits per heavy atom. The summed E-state index contributed by atoms with van der Waals surface area (Å²) in [4.78, 5) is 0. The highest BCUT2D eigenvalue weighted by Gasteiger charge is 1.94. The Hall–Kier alpha value is -0.350. The summed E-state index contributed by atoms with van der Waals surface area (Å²) in [6, 6.07) is 0. The van der Waals surface area contributed by atoms with Crippen molar-refractivity contribution in [1.29, 1.82) is 0 Å². The third-order valence-corrected chi connectivity index (χ3v) is 2.43. The number of hydrogen-bond acceptors (Lipinski definition) is 2. The van der Waals surface area contributed by atoms with Gasteiger partial charge in [-0.25, -0.2) is 0 Å².